The molecule has 194 valence electrons. The highest BCUT2D eigenvalue weighted by Crippen LogP contribution is 2.26. The number of para-hydroxylation sites is 1. The molecule has 0 spiro atoms. The minimum atomic E-state index is -0.792. The van der Waals surface area contributed by atoms with Crippen LogP contribution in [0.25, 0.3) is 22.3 Å². The van der Waals surface area contributed by atoms with Crippen molar-refractivity contribution >= 4 is 28.6 Å². The zero-order valence-electron chi connectivity index (χ0n) is 21.6. The number of aryl methyl sites for hydroxylation is 1. The highest BCUT2D eigenvalue weighted by molar-refractivity contribution is 5.98. The average molecular weight is 509 g/mol. The van der Waals surface area contributed by atoms with Gasteiger partial charge >= 0.3 is 5.97 Å². The fraction of sp³-hybridized carbons (Fsp3) is 0.290. The number of fused-ring (bicyclic) bond motifs is 1. The number of nitrogens with zero attached hydrogens (tertiary/aromatic N) is 4. The molecule has 3 aromatic carbocycles. The molecule has 0 bridgehead atoms. The van der Waals surface area contributed by atoms with E-state index >= 15 is 0 Å². The molecule has 38 heavy (non-hydrogen) atoms. The lowest BCUT2D eigenvalue weighted by Gasteiger charge is -2.41. The monoisotopic (exact) mass is 508 g/mol. The van der Waals surface area contributed by atoms with Gasteiger partial charge in [-0.2, -0.15) is 0 Å². The maximum Gasteiger partial charge on any atom is 0.303 e. The third-order valence-electron chi connectivity index (χ3n) is 7.09. The van der Waals surface area contributed by atoms with Gasteiger partial charge in [-0.3, -0.25) is 9.59 Å². The molecule has 1 aromatic heterocycles. The van der Waals surface area contributed by atoms with E-state index in [0.717, 1.165) is 35.6 Å². The predicted molar refractivity (Wildman–Crippen MR) is 149 cm³/mol. The number of benzene rings is 3. The average Bonchev–Trinajstić information content (AvgIpc) is 2.95. The molecule has 1 N–H and O–H groups in total. The fourth-order valence-corrected chi connectivity index (χ4v) is 5.09. The van der Waals surface area contributed by atoms with Crippen LogP contribution in [0.2, 0.25) is 0 Å². The van der Waals surface area contributed by atoms with Gasteiger partial charge in [-0.1, -0.05) is 48.5 Å². The molecule has 1 amide bonds. The van der Waals surface area contributed by atoms with Crippen molar-refractivity contribution in [3.05, 3.63) is 90.1 Å². The molecule has 5 rings (SSSR count). The van der Waals surface area contributed by atoms with Crippen molar-refractivity contribution in [2.75, 3.05) is 24.5 Å². The lowest BCUT2D eigenvalue weighted by Crippen LogP contribution is -2.54. The van der Waals surface area contributed by atoms with E-state index in [2.05, 4.69) is 24.0 Å². The first kappa shape index (κ1) is 25.4. The summed E-state index contributed by atoms with van der Waals surface area (Å²) in [6, 6.07) is 25.8. The Balaban J connectivity index is 1.39. The second-order valence-corrected chi connectivity index (χ2v) is 9.82. The molecule has 1 aliphatic rings. The van der Waals surface area contributed by atoms with E-state index in [1.54, 1.807) is 0 Å². The largest absolute Gasteiger partial charge is 0.481 e. The van der Waals surface area contributed by atoms with Gasteiger partial charge in [-0.15, -0.1) is 0 Å². The minimum absolute atomic E-state index is 0.00376. The SMILES string of the molecule is CC1CN(c2ccccc2)CCN1C(=O)c1ccc2nc(-c3ccccc3)c(CCCCC(=O)O)nc2c1. The molecule has 1 atom stereocenters. The number of carboxylic acids is 1. The molecule has 0 aliphatic carbocycles. The van der Waals surface area contributed by atoms with E-state index in [1.807, 2.05) is 71.6 Å². The Morgan fingerprint density at radius 2 is 1.63 bits per heavy atom. The molecular weight excluding hydrogens is 476 g/mol. The maximum absolute atomic E-state index is 13.5. The van der Waals surface area contributed by atoms with Gasteiger partial charge in [-0.25, -0.2) is 9.97 Å². The predicted octanol–water partition coefficient (Wildman–Crippen LogP) is 5.45. The second-order valence-electron chi connectivity index (χ2n) is 9.82. The summed E-state index contributed by atoms with van der Waals surface area (Å²) in [4.78, 5) is 38.6. The summed E-state index contributed by atoms with van der Waals surface area (Å²) in [5.74, 6) is -0.788. The number of rotatable bonds is 8. The number of unbranched alkanes of at least 4 members (excludes halogenated alkanes) is 1. The summed E-state index contributed by atoms with van der Waals surface area (Å²) in [5.41, 5.74) is 5.80. The highest BCUT2D eigenvalue weighted by atomic mass is 16.4. The number of hydrogen-bond donors (Lipinski definition) is 1. The van der Waals surface area contributed by atoms with E-state index in [9.17, 15) is 9.59 Å². The first-order chi connectivity index (χ1) is 18.5. The van der Waals surface area contributed by atoms with Crippen LogP contribution in [0.1, 0.15) is 42.2 Å². The number of anilines is 1. The van der Waals surface area contributed by atoms with Gasteiger partial charge in [0.05, 0.1) is 22.4 Å². The number of aromatic nitrogens is 2. The molecule has 1 unspecified atom stereocenters. The molecule has 7 heteroatoms. The summed E-state index contributed by atoms with van der Waals surface area (Å²) in [7, 11) is 0. The van der Waals surface area contributed by atoms with Crippen LogP contribution in [0.3, 0.4) is 0 Å². The highest BCUT2D eigenvalue weighted by Gasteiger charge is 2.28. The van der Waals surface area contributed by atoms with Crippen molar-refractivity contribution in [2.45, 2.75) is 38.6 Å². The summed E-state index contributed by atoms with van der Waals surface area (Å²) in [5, 5.41) is 9.00. The van der Waals surface area contributed by atoms with E-state index in [-0.39, 0.29) is 18.4 Å². The van der Waals surface area contributed by atoms with Crippen LogP contribution in [0.15, 0.2) is 78.9 Å². The van der Waals surface area contributed by atoms with E-state index in [1.165, 1.54) is 5.69 Å². The van der Waals surface area contributed by atoms with Crippen LogP contribution in [0, 0.1) is 0 Å². The number of aliphatic carboxylic acids is 1. The standard InChI is InChI=1S/C31H32N4O3/c1-22-21-34(25-12-6-3-7-13-25)18-19-35(22)31(38)24-16-17-26-28(20-24)32-27(14-8-9-15-29(36)37)30(33-26)23-10-4-2-5-11-23/h2-7,10-13,16-17,20,22H,8-9,14-15,18-19,21H2,1H3,(H,36,37). The third kappa shape index (κ3) is 5.67. The van der Waals surface area contributed by atoms with Crippen LogP contribution in [0.5, 0.6) is 0 Å². The summed E-state index contributed by atoms with van der Waals surface area (Å²) < 4.78 is 0. The molecule has 0 radical (unpaired) electrons. The van der Waals surface area contributed by atoms with Crippen LogP contribution >= 0.6 is 0 Å². The Morgan fingerprint density at radius 1 is 0.895 bits per heavy atom. The van der Waals surface area contributed by atoms with Crippen LogP contribution in [-0.2, 0) is 11.2 Å². The van der Waals surface area contributed by atoms with E-state index < -0.39 is 5.97 Å². The quantitative estimate of drug-likeness (QED) is 0.319. The number of amides is 1. The van der Waals surface area contributed by atoms with E-state index in [0.29, 0.717) is 36.9 Å². The van der Waals surface area contributed by atoms with Crippen molar-refractivity contribution in [2.24, 2.45) is 0 Å². The number of carbonyl (C=O) groups excluding carboxylic acids is 1. The summed E-state index contributed by atoms with van der Waals surface area (Å²) in [6.07, 6.45) is 2.04. The van der Waals surface area contributed by atoms with Crippen LogP contribution in [-0.4, -0.2) is 57.5 Å². The number of carbonyl (C=O) groups is 2. The molecule has 1 saturated heterocycles. The van der Waals surface area contributed by atoms with Crippen molar-refractivity contribution in [1.82, 2.24) is 14.9 Å². The lowest BCUT2D eigenvalue weighted by atomic mass is 10.0. The summed E-state index contributed by atoms with van der Waals surface area (Å²) >= 11 is 0. The van der Waals surface area contributed by atoms with Gasteiger partial charge in [0.2, 0.25) is 0 Å². The Bertz CT molecular complexity index is 1430. The molecular formula is C31H32N4O3. The third-order valence-corrected chi connectivity index (χ3v) is 7.09. The lowest BCUT2D eigenvalue weighted by molar-refractivity contribution is -0.137. The van der Waals surface area contributed by atoms with Crippen molar-refractivity contribution in [3.8, 4) is 11.3 Å². The number of hydrogen-bond acceptors (Lipinski definition) is 5. The molecule has 4 aromatic rings. The molecule has 1 aliphatic heterocycles. The Labute approximate surface area is 222 Å². The number of carboxylic acid groups (broad SMARTS) is 1. The van der Waals surface area contributed by atoms with Gasteiger partial charge < -0.3 is 14.9 Å². The molecule has 2 heterocycles. The van der Waals surface area contributed by atoms with Gasteiger partial charge in [0.1, 0.15) is 0 Å². The van der Waals surface area contributed by atoms with E-state index in [4.69, 9.17) is 15.1 Å². The zero-order valence-corrected chi connectivity index (χ0v) is 21.6. The van der Waals surface area contributed by atoms with Gasteiger partial charge in [-0.05, 0) is 56.5 Å². The maximum atomic E-state index is 13.5. The van der Waals surface area contributed by atoms with Gasteiger partial charge in [0, 0.05) is 48.9 Å². The fourth-order valence-electron chi connectivity index (χ4n) is 5.09. The Kier molecular flexibility index (Phi) is 7.63. The Hall–Kier alpha value is -4.26. The van der Waals surface area contributed by atoms with Crippen molar-refractivity contribution < 1.29 is 14.7 Å². The van der Waals surface area contributed by atoms with Gasteiger partial charge in [0.25, 0.3) is 5.91 Å². The Morgan fingerprint density at radius 3 is 2.34 bits per heavy atom. The first-order valence-corrected chi connectivity index (χ1v) is 13.2. The number of piperazine rings is 1. The first-order valence-electron chi connectivity index (χ1n) is 13.2. The molecule has 7 nitrogen and oxygen atoms in total. The molecule has 1 fully saturated rings. The van der Waals surface area contributed by atoms with Crippen molar-refractivity contribution in [3.63, 3.8) is 0 Å². The minimum Gasteiger partial charge on any atom is -0.481 e. The molecule has 0 saturated carbocycles. The van der Waals surface area contributed by atoms with Crippen molar-refractivity contribution in [1.29, 1.82) is 0 Å². The van der Waals surface area contributed by atoms with Crippen LogP contribution in [0.4, 0.5) is 5.69 Å². The second kappa shape index (κ2) is 11.4. The van der Waals surface area contributed by atoms with Gasteiger partial charge in [0.15, 0.2) is 0 Å². The normalized spacial score (nSPS) is 15.6. The summed E-state index contributed by atoms with van der Waals surface area (Å²) in [6.45, 7) is 4.31. The zero-order chi connectivity index (χ0) is 26.5. The van der Waals surface area contributed by atoms with Crippen LogP contribution < -0.4 is 4.90 Å². The topological polar surface area (TPSA) is 86.6 Å². The smallest absolute Gasteiger partial charge is 0.303 e.